The zero-order valence-electron chi connectivity index (χ0n) is 14.4. The van der Waals surface area contributed by atoms with Gasteiger partial charge in [0.05, 0.1) is 20.8 Å². The molecule has 0 fully saturated rings. The van der Waals surface area contributed by atoms with Gasteiger partial charge in [0.15, 0.2) is 11.5 Å². The fourth-order valence-electron chi connectivity index (χ4n) is 2.32. The first-order valence-corrected chi connectivity index (χ1v) is 7.97. The van der Waals surface area contributed by atoms with E-state index in [1.54, 1.807) is 18.2 Å². The number of methoxy groups -OCH3 is 2. The van der Waals surface area contributed by atoms with Gasteiger partial charge in [-0.2, -0.15) is 0 Å². The topological polar surface area (TPSA) is 65.0 Å². The minimum absolute atomic E-state index is 0.0781. The lowest BCUT2D eigenvalue weighted by atomic mass is 10.1. The number of aromatic hydroxyl groups is 1. The van der Waals surface area contributed by atoms with Crippen molar-refractivity contribution in [1.82, 2.24) is 0 Å². The summed E-state index contributed by atoms with van der Waals surface area (Å²) < 4.78 is 15.3. The van der Waals surface area contributed by atoms with Crippen LogP contribution in [0.5, 0.6) is 17.2 Å². The number of phenols is 1. The Balaban J connectivity index is 1.85. The molecule has 0 radical (unpaired) electrons. The van der Waals surface area contributed by atoms with Crippen LogP contribution in [0.25, 0.3) is 6.08 Å². The molecule has 2 aromatic rings. The van der Waals surface area contributed by atoms with Gasteiger partial charge < -0.3 is 19.3 Å². The van der Waals surface area contributed by atoms with Crippen molar-refractivity contribution in [2.24, 2.45) is 0 Å². The first-order chi connectivity index (χ1) is 12.1. The third-order valence-corrected chi connectivity index (χ3v) is 3.61. The largest absolute Gasteiger partial charge is 0.502 e. The van der Waals surface area contributed by atoms with Crippen LogP contribution in [0.15, 0.2) is 48.5 Å². The molecule has 0 aliphatic heterocycles. The molecule has 5 nitrogen and oxygen atoms in total. The number of ether oxygens (including phenoxy) is 3. The number of rotatable bonds is 8. The maximum atomic E-state index is 11.8. The highest BCUT2D eigenvalue weighted by molar-refractivity contribution is 5.87. The van der Waals surface area contributed by atoms with E-state index in [4.69, 9.17) is 14.2 Å². The van der Waals surface area contributed by atoms with E-state index in [0.29, 0.717) is 12.2 Å². The van der Waals surface area contributed by atoms with E-state index in [2.05, 4.69) is 0 Å². The summed E-state index contributed by atoms with van der Waals surface area (Å²) in [6.07, 6.45) is 4.56. The lowest BCUT2D eigenvalue weighted by Gasteiger charge is -2.09. The van der Waals surface area contributed by atoms with Crippen molar-refractivity contribution in [2.45, 2.75) is 12.8 Å². The van der Waals surface area contributed by atoms with Crippen molar-refractivity contribution in [3.05, 3.63) is 59.7 Å². The van der Waals surface area contributed by atoms with Gasteiger partial charge in [-0.3, -0.25) is 0 Å². The number of hydrogen-bond acceptors (Lipinski definition) is 5. The molecule has 0 heterocycles. The third kappa shape index (κ3) is 5.57. The molecule has 0 spiro atoms. The molecule has 132 valence electrons. The number of esters is 1. The van der Waals surface area contributed by atoms with Crippen LogP contribution >= 0.6 is 0 Å². The van der Waals surface area contributed by atoms with Crippen LogP contribution in [0, 0.1) is 0 Å². The summed E-state index contributed by atoms with van der Waals surface area (Å²) in [5.74, 6) is 0.0511. The Morgan fingerprint density at radius 3 is 2.32 bits per heavy atom. The highest BCUT2D eigenvalue weighted by atomic mass is 16.5. The molecule has 0 bridgehead atoms. The fraction of sp³-hybridized carbons (Fsp3) is 0.250. The average Bonchev–Trinajstić information content (AvgIpc) is 2.65. The normalized spacial score (nSPS) is 10.6. The molecule has 0 unspecified atom stereocenters. The molecule has 0 aliphatic carbocycles. The molecule has 5 heteroatoms. The summed E-state index contributed by atoms with van der Waals surface area (Å²) in [6, 6.07) is 13.3. The van der Waals surface area contributed by atoms with E-state index in [1.165, 1.54) is 25.9 Å². The van der Waals surface area contributed by atoms with Gasteiger partial charge in [0.2, 0.25) is 5.75 Å². The van der Waals surface area contributed by atoms with Crippen LogP contribution in [-0.4, -0.2) is 31.9 Å². The van der Waals surface area contributed by atoms with Crippen molar-refractivity contribution < 1.29 is 24.1 Å². The minimum Gasteiger partial charge on any atom is -0.502 e. The SMILES string of the molecule is COc1cc(/C=C/C(=O)OCCCc2ccccc2)cc(OC)c1O. The second-order valence-electron chi connectivity index (χ2n) is 5.36. The van der Waals surface area contributed by atoms with Gasteiger partial charge >= 0.3 is 5.97 Å². The Morgan fingerprint density at radius 1 is 1.08 bits per heavy atom. The van der Waals surface area contributed by atoms with Crippen LogP contribution in [0.3, 0.4) is 0 Å². The van der Waals surface area contributed by atoms with Crippen molar-refractivity contribution in [3.8, 4) is 17.2 Å². The highest BCUT2D eigenvalue weighted by Gasteiger charge is 2.10. The average molecular weight is 342 g/mol. The van der Waals surface area contributed by atoms with E-state index in [1.807, 2.05) is 30.3 Å². The third-order valence-electron chi connectivity index (χ3n) is 3.61. The molecule has 0 saturated carbocycles. The monoisotopic (exact) mass is 342 g/mol. The Hall–Kier alpha value is -2.95. The predicted molar refractivity (Wildman–Crippen MR) is 96.0 cm³/mol. The standard InChI is InChI=1S/C20H22O5/c1-23-17-13-16(14-18(24-2)20(17)22)10-11-19(21)25-12-6-9-15-7-4-3-5-8-15/h3-5,7-8,10-11,13-14,22H,6,9,12H2,1-2H3/b11-10+. The molecule has 25 heavy (non-hydrogen) atoms. The van der Waals surface area contributed by atoms with Gasteiger partial charge in [0.25, 0.3) is 0 Å². The maximum Gasteiger partial charge on any atom is 0.330 e. The van der Waals surface area contributed by atoms with Crippen molar-refractivity contribution in [2.75, 3.05) is 20.8 Å². The van der Waals surface area contributed by atoms with Gasteiger partial charge in [-0.1, -0.05) is 30.3 Å². The molecule has 2 rings (SSSR count). The second-order valence-corrected chi connectivity index (χ2v) is 5.36. The van der Waals surface area contributed by atoms with E-state index >= 15 is 0 Å². The molecule has 0 amide bonds. The van der Waals surface area contributed by atoms with Gasteiger partial charge in [0.1, 0.15) is 0 Å². The summed E-state index contributed by atoms with van der Waals surface area (Å²) in [7, 11) is 2.89. The number of aryl methyl sites for hydroxylation is 1. The molecular weight excluding hydrogens is 320 g/mol. The first kappa shape index (κ1) is 18.4. The molecular formula is C20H22O5. The van der Waals surface area contributed by atoms with E-state index in [0.717, 1.165) is 12.8 Å². The predicted octanol–water partition coefficient (Wildman–Crippen LogP) is 3.60. The number of phenolic OH excluding ortho intramolecular Hbond substituents is 1. The van der Waals surface area contributed by atoms with Crippen LogP contribution in [0.2, 0.25) is 0 Å². The number of carbonyl (C=O) groups is 1. The number of benzene rings is 2. The summed E-state index contributed by atoms with van der Waals surface area (Å²) in [5, 5.41) is 9.86. The van der Waals surface area contributed by atoms with Crippen molar-refractivity contribution in [1.29, 1.82) is 0 Å². The van der Waals surface area contributed by atoms with E-state index < -0.39 is 5.97 Å². The van der Waals surface area contributed by atoms with Crippen LogP contribution in [0.4, 0.5) is 0 Å². The van der Waals surface area contributed by atoms with Gasteiger partial charge in [-0.05, 0) is 42.2 Å². The smallest absolute Gasteiger partial charge is 0.330 e. The maximum absolute atomic E-state index is 11.8. The van der Waals surface area contributed by atoms with Gasteiger partial charge in [-0.15, -0.1) is 0 Å². The highest BCUT2D eigenvalue weighted by Crippen LogP contribution is 2.37. The second kappa shape index (κ2) is 9.37. The summed E-state index contributed by atoms with van der Waals surface area (Å²) in [5.41, 5.74) is 1.88. The van der Waals surface area contributed by atoms with Gasteiger partial charge in [-0.25, -0.2) is 4.79 Å². The van der Waals surface area contributed by atoms with Crippen molar-refractivity contribution >= 4 is 12.0 Å². The van der Waals surface area contributed by atoms with Crippen LogP contribution in [-0.2, 0) is 16.0 Å². The van der Waals surface area contributed by atoms with Crippen LogP contribution in [0.1, 0.15) is 17.5 Å². The Labute approximate surface area is 147 Å². The number of carbonyl (C=O) groups excluding carboxylic acids is 1. The van der Waals surface area contributed by atoms with Crippen molar-refractivity contribution in [3.63, 3.8) is 0 Å². The zero-order chi connectivity index (χ0) is 18.1. The lowest BCUT2D eigenvalue weighted by Crippen LogP contribution is -2.03. The van der Waals surface area contributed by atoms with Gasteiger partial charge in [0, 0.05) is 6.08 Å². The number of hydrogen-bond donors (Lipinski definition) is 1. The Bertz CT molecular complexity index is 697. The summed E-state index contributed by atoms with van der Waals surface area (Å²) >= 11 is 0. The van der Waals surface area contributed by atoms with E-state index in [-0.39, 0.29) is 17.2 Å². The zero-order valence-corrected chi connectivity index (χ0v) is 14.4. The fourth-order valence-corrected chi connectivity index (χ4v) is 2.32. The lowest BCUT2D eigenvalue weighted by molar-refractivity contribution is -0.137. The van der Waals surface area contributed by atoms with E-state index in [9.17, 15) is 9.90 Å². The minimum atomic E-state index is -0.418. The summed E-state index contributed by atoms with van der Waals surface area (Å²) in [6.45, 7) is 0.361. The quantitative estimate of drug-likeness (QED) is 0.451. The Kier molecular flexibility index (Phi) is 6.89. The molecule has 1 N–H and O–H groups in total. The first-order valence-electron chi connectivity index (χ1n) is 7.97. The molecule has 0 aliphatic rings. The summed E-state index contributed by atoms with van der Waals surface area (Å²) in [4.78, 5) is 11.8. The van der Waals surface area contributed by atoms with Crippen LogP contribution < -0.4 is 9.47 Å². The Morgan fingerprint density at radius 2 is 1.72 bits per heavy atom. The molecule has 0 aromatic heterocycles. The molecule has 2 aromatic carbocycles. The molecule has 0 saturated heterocycles. The molecule has 0 atom stereocenters.